The molecule has 0 saturated carbocycles. The minimum Gasteiger partial charge on any atom is -0.346 e. The van der Waals surface area contributed by atoms with Crippen molar-refractivity contribution in [1.29, 1.82) is 0 Å². The van der Waals surface area contributed by atoms with Gasteiger partial charge in [-0.15, -0.1) is 0 Å². The summed E-state index contributed by atoms with van der Waals surface area (Å²) in [6, 6.07) is 3.64. The first-order chi connectivity index (χ1) is 12.2. The first-order valence-corrected chi connectivity index (χ1v) is 8.35. The average Bonchev–Trinajstić information content (AvgIpc) is 2.98. The topological polar surface area (TPSA) is 88.3 Å². The second-order valence-electron chi connectivity index (χ2n) is 6.14. The molecule has 3 aromatic heterocycles. The predicted molar refractivity (Wildman–Crippen MR) is 92.5 cm³/mol. The van der Waals surface area contributed by atoms with E-state index in [4.69, 9.17) is 0 Å². The quantitative estimate of drug-likeness (QED) is 0.773. The van der Waals surface area contributed by atoms with Crippen molar-refractivity contribution in [2.24, 2.45) is 0 Å². The second-order valence-corrected chi connectivity index (χ2v) is 6.14. The van der Waals surface area contributed by atoms with Crippen molar-refractivity contribution in [2.75, 3.05) is 18.0 Å². The molecule has 8 nitrogen and oxygen atoms in total. The number of amides is 1. The number of nitrogens with one attached hydrogen (secondary N) is 1. The third kappa shape index (κ3) is 3.02. The van der Waals surface area contributed by atoms with Gasteiger partial charge in [0.15, 0.2) is 0 Å². The van der Waals surface area contributed by atoms with Crippen LogP contribution in [0.4, 0.5) is 5.95 Å². The van der Waals surface area contributed by atoms with Crippen molar-refractivity contribution in [1.82, 2.24) is 29.7 Å². The van der Waals surface area contributed by atoms with Crippen molar-refractivity contribution in [3.63, 3.8) is 0 Å². The van der Waals surface area contributed by atoms with Crippen LogP contribution in [0, 0.1) is 6.92 Å². The molecule has 0 spiro atoms. The summed E-state index contributed by atoms with van der Waals surface area (Å²) in [4.78, 5) is 32.1. The van der Waals surface area contributed by atoms with Crippen LogP contribution < -0.4 is 10.2 Å². The van der Waals surface area contributed by atoms with Crippen LogP contribution in [0.5, 0.6) is 0 Å². The SMILES string of the molecule is Cc1nc2ncccn2c1C(=O)N[C@@H]1CCCN(c2ncccn2)C1. The highest BCUT2D eigenvalue weighted by molar-refractivity contribution is 5.94. The van der Waals surface area contributed by atoms with Crippen LogP contribution in [0.15, 0.2) is 36.9 Å². The summed E-state index contributed by atoms with van der Waals surface area (Å²) >= 11 is 0. The van der Waals surface area contributed by atoms with Gasteiger partial charge in [0.2, 0.25) is 11.7 Å². The third-order valence-electron chi connectivity index (χ3n) is 4.38. The fourth-order valence-corrected chi connectivity index (χ4v) is 3.26. The van der Waals surface area contributed by atoms with Crippen LogP contribution in [-0.4, -0.2) is 49.4 Å². The van der Waals surface area contributed by atoms with Crippen molar-refractivity contribution in [3.8, 4) is 0 Å². The minimum absolute atomic E-state index is 0.0478. The predicted octanol–water partition coefficient (Wildman–Crippen LogP) is 1.23. The molecular formula is C17H19N7O. The van der Waals surface area contributed by atoms with E-state index < -0.39 is 0 Å². The molecule has 1 aliphatic rings. The van der Waals surface area contributed by atoms with E-state index in [0.29, 0.717) is 29.7 Å². The summed E-state index contributed by atoms with van der Waals surface area (Å²) < 4.78 is 1.73. The number of hydrogen-bond acceptors (Lipinski definition) is 6. The van der Waals surface area contributed by atoms with Gasteiger partial charge < -0.3 is 10.2 Å². The smallest absolute Gasteiger partial charge is 0.270 e. The molecule has 1 saturated heterocycles. The van der Waals surface area contributed by atoms with Crippen LogP contribution in [0.2, 0.25) is 0 Å². The zero-order valence-electron chi connectivity index (χ0n) is 14.0. The molecule has 0 aromatic carbocycles. The molecule has 0 aliphatic carbocycles. The summed E-state index contributed by atoms with van der Waals surface area (Å²) in [5.41, 5.74) is 1.21. The highest BCUT2D eigenvalue weighted by Crippen LogP contribution is 2.16. The second kappa shape index (κ2) is 6.46. The molecule has 0 unspecified atom stereocenters. The van der Waals surface area contributed by atoms with Gasteiger partial charge in [-0.2, -0.15) is 0 Å². The first kappa shape index (κ1) is 15.5. The maximum absolute atomic E-state index is 12.8. The maximum atomic E-state index is 12.8. The number of nitrogens with zero attached hydrogens (tertiary/aromatic N) is 6. The fraction of sp³-hybridized carbons (Fsp3) is 0.353. The first-order valence-electron chi connectivity index (χ1n) is 8.35. The van der Waals surface area contributed by atoms with E-state index >= 15 is 0 Å². The lowest BCUT2D eigenvalue weighted by Crippen LogP contribution is -2.48. The molecule has 4 rings (SSSR count). The van der Waals surface area contributed by atoms with Crippen LogP contribution in [0.3, 0.4) is 0 Å². The molecule has 1 fully saturated rings. The van der Waals surface area contributed by atoms with E-state index in [-0.39, 0.29) is 11.9 Å². The molecular weight excluding hydrogens is 318 g/mol. The van der Waals surface area contributed by atoms with E-state index in [1.807, 2.05) is 13.1 Å². The zero-order valence-corrected chi connectivity index (χ0v) is 14.0. The Labute approximate surface area is 145 Å². The number of anilines is 1. The Kier molecular flexibility index (Phi) is 4.01. The van der Waals surface area contributed by atoms with Crippen LogP contribution >= 0.6 is 0 Å². The van der Waals surface area contributed by atoms with Gasteiger partial charge in [0.05, 0.1) is 5.69 Å². The lowest BCUT2D eigenvalue weighted by Gasteiger charge is -2.33. The summed E-state index contributed by atoms with van der Waals surface area (Å²) in [6.45, 7) is 3.42. The van der Waals surface area contributed by atoms with E-state index in [2.05, 4.69) is 30.2 Å². The highest BCUT2D eigenvalue weighted by atomic mass is 16.2. The number of carbonyl (C=O) groups excluding carboxylic acids is 1. The molecule has 25 heavy (non-hydrogen) atoms. The van der Waals surface area contributed by atoms with E-state index in [0.717, 1.165) is 19.4 Å². The number of aryl methyl sites for hydroxylation is 1. The van der Waals surface area contributed by atoms with Gasteiger partial charge in [-0.3, -0.25) is 9.20 Å². The van der Waals surface area contributed by atoms with Crippen molar-refractivity contribution in [2.45, 2.75) is 25.8 Å². The van der Waals surface area contributed by atoms with E-state index in [9.17, 15) is 4.79 Å². The summed E-state index contributed by atoms with van der Waals surface area (Å²) in [7, 11) is 0. The summed E-state index contributed by atoms with van der Waals surface area (Å²) in [6.07, 6.45) is 8.86. The molecule has 1 amide bonds. The number of rotatable bonds is 3. The van der Waals surface area contributed by atoms with Crippen LogP contribution in [0.1, 0.15) is 29.0 Å². The van der Waals surface area contributed by atoms with E-state index in [1.54, 1.807) is 35.1 Å². The molecule has 0 bridgehead atoms. The van der Waals surface area contributed by atoms with Gasteiger partial charge in [0, 0.05) is 43.9 Å². The van der Waals surface area contributed by atoms with Gasteiger partial charge >= 0.3 is 0 Å². The van der Waals surface area contributed by atoms with Gasteiger partial charge in [-0.1, -0.05) is 0 Å². The lowest BCUT2D eigenvalue weighted by molar-refractivity contribution is 0.0926. The van der Waals surface area contributed by atoms with Gasteiger partial charge in [-0.25, -0.2) is 19.9 Å². The molecule has 1 N–H and O–H groups in total. The Balaban J connectivity index is 1.51. The lowest BCUT2D eigenvalue weighted by atomic mass is 10.1. The Morgan fingerprint density at radius 3 is 2.84 bits per heavy atom. The van der Waals surface area contributed by atoms with Gasteiger partial charge in [0.25, 0.3) is 5.91 Å². The number of imidazole rings is 1. The monoisotopic (exact) mass is 337 g/mol. The third-order valence-corrected chi connectivity index (χ3v) is 4.38. The fourth-order valence-electron chi connectivity index (χ4n) is 3.26. The molecule has 1 atom stereocenters. The number of piperidine rings is 1. The Bertz CT molecular complexity index is 892. The standard InChI is InChI=1S/C17H19N7O/c1-12-14(24-10-4-8-20-17(24)21-12)15(25)22-13-5-2-9-23(11-13)16-18-6-3-7-19-16/h3-4,6-8,10,13H,2,5,9,11H2,1H3,(H,22,25)/t13-/m1/s1. The minimum atomic E-state index is -0.126. The number of carbonyl (C=O) groups is 1. The largest absolute Gasteiger partial charge is 0.346 e. The highest BCUT2D eigenvalue weighted by Gasteiger charge is 2.25. The molecule has 3 aromatic rings. The maximum Gasteiger partial charge on any atom is 0.270 e. The van der Waals surface area contributed by atoms with Crippen LogP contribution in [0.25, 0.3) is 5.78 Å². The molecule has 0 radical (unpaired) electrons. The van der Waals surface area contributed by atoms with Crippen molar-refractivity contribution >= 4 is 17.6 Å². The number of fused-ring (bicyclic) bond motifs is 1. The number of aromatic nitrogens is 5. The molecule has 128 valence electrons. The van der Waals surface area contributed by atoms with Crippen molar-refractivity contribution < 1.29 is 4.79 Å². The molecule has 4 heterocycles. The normalized spacial score (nSPS) is 17.6. The van der Waals surface area contributed by atoms with Gasteiger partial charge in [-0.05, 0) is 31.9 Å². The molecule has 8 heteroatoms. The Hall–Kier alpha value is -3.03. The summed E-state index contributed by atoms with van der Waals surface area (Å²) in [5.74, 6) is 1.11. The molecule has 1 aliphatic heterocycles. The zero-order chi connectivity index (χ0) is 17.2. The van der Waals surface area contributed by atoms with Gasteiger partial charge in [0.1, 0.15) is 5.69 Å². The Morgan fingerprint density at radius 2 is 2.00 bits per heavy atom. The van der Waals surface area contributed by atoms with Crippen molar-refractivity contribution in [3.05, 3.63) is 48.3 Å². The average molecular weight is 337 g/mol. The van der Waals surface area contributed by atoms with Crippen LogP contribution in [-0.2, 0) is 0 Å². The number of hydrogen-bond donors (Lipinski definition) is 1. The van der Waals surface area contributed by atoms with E-state index in [1.165, 1.54) is 0 Å². The summed E-state index contributed by atoms with van der Waals surface area (Å²) in [5, 5.41) is 3.13. The Morgan fingerprint density at radius 1 is 1.20 bits per heavy atom.